The van der Waals surface area contributed by atoms with Crippen LogP contribution in [0.2, 0.25) is 0 Å². The minimum Gasteiger partial charge on any atom is -0.377 e. The fourth-order valence-electron chi connectivity index (χ4n) is 3.62. The first-order valence-electron chi connectivity index (χ1n) is 9.37. The molecule has 0 heterocycles. The van der Waals surface area contributed by atoms with Crippen molar-refractivity contribution in [1.82, 2.24) is 4.90 Å². The summed E-state index contributed by atoms with van der Waals surface area (Å²) in [7, 11) is 0. The second kappa shape index (κ2) is 9.84. The Bertz CT molecular complexity index is 250. The van der Waals surface area contributed by atoms with Crippen LogP contribution in [0, 0.1) is 11.3 Å². The Morgan fingerprint density at radius 1 is 0.905 bits per heavy atom. The van der Waals surface area contributed by atoms with E-state index >= 15 is 0 Å². The summed E-state index contributed by atoms with van der Waals surface area (Å²) in [5.41, 5.74) is 0.518. The monoisotopic (exact) mass is 297 g/mol. The standard InChI is InChI=1S/C19H39NO/c1-6-13-20(14-7-2)15-16-21-18-11-9-17(10-12-18)19(4,5)8-3/h17-18H,6-16H2,1-5H3. The molecule has 126 valence electrons. The molecule has 0 aliphatic heterocycles. The number of hydrogen-bond acceptors (Lipinski definition) is 2. The van der Waals surface area contributed by atoms with Crippen molar-refractivity contribution in [2.24, 2.45) is 11.3 Å². The van der Waals surface area contributed by atoms with Gasteiger partial charge in [0.05, 0.1) is 12.7 Å². The lowest BCUT2D eigenvalue weighted by molar-refractivity contribution is -0.00750. The Labute approximate surface area is 133 Å². The van der Waals surface area contributed by atoms with Gasteiger partial charge in [-0.1, -0.05) is 41.0 Å². The number of ether oxygens (including phenoxy) is 1. The molecular formula is C19H39NO. The van der Waals surface area contributed by atoms with E-state index in [0.29, 0.717) is 11.5 Å². The average molecular weight is 298 g/mol. The number of hydrogen-bond donors (Lipinski definition) is 0. The van der Waals surface area contributed by atoms with Gasteiger partial charge in [-0.25, -0.2) is 0 Å². The zero-order chi connectivity index (χ0) is 15.7. The molecule has 1 aliphatic rings. The Morgan fingerprint density at radius 3 is 1.95 bits per heavy atom. The molecule has 0 aromatic heterocycles. The number of nitrogens with zero attached hydrogens (tertiary/aromatic N) is 1. The second-order valence-corrected chi connectivity index (χ2v) is 7.53. The highest BCUT2D eigenvalue weighted by Crippen LogP contribution is 2.40. The van der Waals surface area contributed by atoms with E-state index in [9.17, 15) is 0 Å². The van der Waals surface area contributed by atoms with Gasteiger partial charge in [0.2, 0.25) is 0 Å². The molecule has 1 fully saturated rings. The molecule has 2 heteroatoms. The maximum Gasteiger partial charge on any atom is 0.0597 e. The van der Waals surface area contributed by atoms with E-state index in [1.165, 1.54) is 58.0 Å². The highest BCUT2D eigenvalue weighted by Gasteiger charge is 2.31. The van der Waals surface area contributed by atoms with E-state index in [1.807, 2.05) is 0 Å². The van der Waals surface area contributed by atoms with E-state index in [2.05, 4.69) is 39.5 Å². The smallest absolute Gasteiger partial charge is 0.0597 e. The largest absolute Gasteiger partial charge is 0.377 e. The van der Waals surface area contributed by atoms with Crippen LogP contribution in [-0.2, 0) is 4.74 Å². The minimum absolute atomic E-state index is 0.518. The van der Waals surface area contributed by atoms with Crippen LogP contribution >= 0.6 is 0 Å². The van der Waals surface area contributed by atoms with Crippen LogP contribution in [0.4, 0.5) is 0 Å². The zero-order valence-corrected chi connectivity index (χ0v) is 15.3. The van der Waals surface area contributed by atoms with Crippen molar-refractivity contribution in [2.75, 3.05) is 26.2 Å². The molecule has 1 saturated carbocycles. The summed E-state index contributed by atoms with van der Waals surface area (Å²) in [5.74, 6) is 0.902. The molecule has 0 amide bonds. The molecule has 1 rings (SSSR count). The summed E-state index contributed by atoms with van der Waals surface area (Å²) in [5, 5.41) is 0. The van der Waals surface area contributed by atoms with E-state index in [4.69, 9.17) is 4.74 Å². The first-order valence-corrected chi connectivity index (χ1v) is 9.37. The quantitative estimate of drug-likeness (QED) is 0.555. The van der Waals surface area contributed by atoms with Crippen molar-refractivity contribution < 1.29 is 4.74 Å². The Morgan fingerprint density at radius 2 is 1.48 bits per heavy atom. The lowest BCUT2D eigenvalue weighted by atomic mass is 9.69. The summed E-state index contributed by atoms with van der Waals surface area (Å²) in [6.07, 6.45) is 9.59. The first-order chi connectivity index (χ1) is 10.0. The normalized spacial score (nSPS) is 23.7. The third-order valence-corrected chi connectivity index (χ3v) is 5.53. The molecule has 0 aromatic carbocycles. The van der Waals surface area contributed by atoms with Crippen molar-refractivity contribution in [1.29, 1.82) is 0 Å². The van der Waals surface area contributed by atoms with Gasteiger partial charge in [0.15, 0.2) is 0 Å². The van der Waals surface area contributed by atoms with Crippen molar-refractivity contribution in [3.05, 3.63) is 0 Å². The second-order valence-electron chi connectivity index (χ2n) is 7.53. The fraction of sp³-hybridized carbons (Fsp3) is 1.00. The van der Waals surface area contributed by atoms with Gasteiger partial charge in [-0.3, -0.25) is 0 Å². The maximum absolute atomic E-state index is 6.16. The lowest BCUT2D eigenvalue weighted by Crippen LogP contribution is -2.33. The van der Waals surface area contributed by atoms with Crippen LogP contribution in [0.25, 0.3) is 0 Å². The Hall–Kier alpha value is -0.0800. The van der Waals surface area contributed by atoms with E-state index in [-0.39, 0.29) is 0 Å². The molecular weight excluding hydrogens is 258 g/mol. The van der Waals surface area contributed by atoms with Gasteiger partial charge in [0.1, 0.15) is 0 Å². The third-order valence-electron chi connectivity index (χ3n) is 5.53. The van der Waals surface area contributed by atoms with E-state index in [0.717, 1.165) is 19.1 Å². The van der Waals surface area contributed by atoms with Crippen LogP contribution in [0.15, 0.2) is 0 Å². The van der Waals surface area contributed by atoms with Gasteiger partial charge in [0, 0.05) is 6.54 Å². The molecule has 0 aromatic rings. The highest BCUT2D eigenvalue weighted by atomic mass is 16.5. The van der Waals surface area contributed by atoms with Crippen LogP contribution in [0.5, 0.6) is 0 Å². The van der Waals surface area contributed by atoms with Gasteiger partial charge in [-0.15, -0.1) is 0 Å². The van der Waals surface area contributed by atoms with Crippen LogP contribution in [0.1, 0.15) is 79.6 Å². The van der Waals surface area contributed by atoms with Crippen molar-refractivity contribution in [3.8, 4) is 0 Å². The van der Waals surface area contributed by atoms with Gasteiger partial charge in [-0.2, -0.15) is 0 Å². The Balaban J connectivity index is 2.21. The lowest BCUT2D eigenvalue weighted by Gasteiger charge is -2.39. The topological polar surface area (TPSA) is 12.5 Å². The van der Waals surface area contributed by atoms with Crippen LogP contribution < -0.4 is 0 Å². The molecule has 0 radical (unpaired) electrons. The molecule has 0 spiro atoms. The minimum atomic E-state index is 0.518. The fourth-order valence-corrected chi connectivity index (χ4v) is 3.62. The maximum atomic E-state index is 6.16. The van der Waals surface area contributed by atoms with Crippen LogP contribution in [-0.4, -0.2) is 37.2 Å². The van der Waals surface area contributed by atoms with Crippen molar-refractivity contribution in [2.45, 2.75) is 85.7 Å². The van der Waals surface area contributed by atoms with Crippen molar-refractivity contribution in [3.63, 3.8) is 0 Å². The van der Waals surface area contributed by atoms with E-state index in [1.54, 1.807) is 0 Å². The molecule has 2 nitrogen and oxygen atoms in total. The average Bonchev–Trinajstić information content (AvgIpc) is 2.48. The van der Waals surface area contributed by atoms with Gasteiger partial charge in [-0.05, 0) is 62.9 Å². The number of rotatable bonds is 10. The van der Waals surface area contributed by atoms with Gasteiger partial charge in [0.25, 0.3) is 0 Å². The predicted molar refractivity (Wildman–Crippen MR) is 92.8 cm³/mol. The van der Waals surface area contributed by atoms with Crippen molar-refractivity contribution >= 4 is 0 Å². The van der Waals surface area contributed by atoms with Gasteiger partial charge < -0.3 is 9.64 Å². The Kier molecular flexibility index (Phi) is 8.89. The summed E-state index contributed by atoms with van der Waals surface area (Å²) in [4.78, 5) is 2.55. The molecule has 0 unspecified atom stereocenters. The SMILES string of the molecule is CCCN(CCC)CCOC1CCC(C(C)(C)CC)CC1. The predicted octanol–water partition coefficient (Wildman–Crippen LogP) is 5.12. The summed E-state index contributed by atoms with van der Waals surface area (Å²) < 4.78 is 6.16. The molecule has 21 heavy (non-hydrogen) atoms. The summed E-state index contributed by atoms with van der Waals surface area (Å²) in [6, 6.07) is 0. The van der Waals surface area contributed by atoms with E-state index < -0.39 is 0 Å². The third kappa shape index (κ3) is 6.69. The summed E-state index contributed by atoms with van der Waals surface area (Å²) in [6.45, 7) is 16.2. The highest BCUT2D eigenvalue weighted by molar-refractivity contribution is 4.82. The first kappa shape index (κ1) is 19.0. The molecule has 0 N–H and O–H groups in total. The zero-order valence-electron chi connectivity index (χ0n) is 15.3. The van der Waals surface area contributed by atoms with Gasteiger partial charge >= 0.3 is 0 Å². The molecule has 1 aliphatic carbocycles. The molecule has 0 saturated heterocycles. The molecule has 0 atom stereocenters. The summed E-state index contributed by atoms with van der Waals surface area (Å²) >= 11 is 0. The van der Waals surface area contributed by atoms with Crippen LogP contribution in [0.3, 0.4) is 0 Å². The molecule has 0 bridgehead atoms.